The summed E-state index contributed by atoms with van der Waals surface area (Å²) < 4.78 is 27.6. The molecule has 6 heteroatoms. The van der Waals surface area contributed by atoms with Gasteiger partial charge in [-0.25, -0.2) is 13.2 Å². The van der Waals surface area contributed by atoms with Crippen LogP contribution < -0.4 is 4.72 Å². The van der Waals surface area contributed by atoms with Crippen molar-refractivity contribution in [3.05, 3.63) is 90.5 Å². The topological polar surface area (TPSA) is 83.5 Å². The molecule has 3 aromatic rings. The SMILES string of the molecule is O=C(O)/C=C/c1ccc(S(=O)(=O)Nc2ccc(-c3ccccc3)cc2)cc1. The van der Waals surface area contributed by atoms with Gasteiger partial charge in [-0.3, -0.25) is 4.72 Å². The van der Waals surface area contributed by atoms with Crippen LogP contribution in [0.3, 0.4) is 0 Å². The number of hydrogen-bond donors (Lipinski definition) is 2. The third-order valence-corrected chi connectivity index (χ3v) is 5.25. The molecule has 2 N–H and O–H groups in total. The predicted molar refractivity (Wildman–Crippen MR) is 106 cm³/mol. The molecule has 3 rings (SSSR count). The molecular formula is C21H17NO4S. The van der Waals surface area contributed by atoms with E-state index < -0.39 is 16.0 Å². The Balaban J connectivity index is 1.75. The first-order valence-corrected chi connectivity index (χ1v) is 9.62. The monoisotopic (exact) mass is 379 g/mol. The first-order valence-electron chi connectivity index (χ1n) is 8.13. The van der Waals surface area contributed by atoms with Gasteiger partial charge in [0, 0.05) is 11.8 Å². The van der Waals surface area contributed by atoms with E-state index >= 15 is 0 Å². The van der Waals surface area contributed by atoms with Gasteiger partial charge in [0.25, 0.3) is 10.0 Å². The fraction of sp³-hybridized carbons (Fsp3) is 0. The number of anilines is 1. The highest BCUT2D eigenvalue weighted by Gasteiger charge is 2.13. The van der Waals surface area contributed by atoms with Crippen molar-refractivity contribution in [1.82, 2.24) is 0 Å². The molecular weight excluding hydrogens is 362 g/mol. The summed E-state index contributed by atoms with van der Waals surface area (Å²) in [6.07, 6.45) is 2.39. The van der Waals surface area contributed by atoms with Crippen LogP contribution in [0, 0.1) is 0 Å². The molecule has 0 aromatic heterocycles. The van der Waals surface area contributed by atoms with E-state index in [9.17, 15) is 13.2 Å². The van der Waals surface area contributed by atoms with Gasteiger partial charge in [-0.2, -0.15) is 0 Å². The van der Waals surface area contributed by atoms with Crippen molar-refractivity contribution in [2.75, 3.05) is 4.72 Å². The molecule has 0 bridgehead atoms. The van der Waals surface area contributed by atoms with Crippen LogP contribution in [-0.4, -0.2) is 19.5 Å². The highest BCUT2D eigenvalue weighted by Crippen LogP contribution is 2.23. The first kappa shape index (κ1) is 18.4. The minimum Gasteiger partial charge on any atom is -0.478 e. The molecule has 0 aliphatic carbocycles. The van der Waals surface area contributed by atoms with Crippen LogP contribution in [0.1, 0.15) is 5.56 Å². The third-order valence-electron chi connectivity index (χ3n) is 3.85. The van der Waals surface area contributed by atoms with Crippen LogP contribution in [0.25, 0.3) is 17.2 Å². The Morgan fingerprint density at radius 2 is 1.41 bits per heavy atom. The standard InChI is InChI=1S/C21H17NO4S/c23-21(24)15-8-16-6-13-20(14-7-16)27(25,26)22-19-11-9-18(10-12-19)17-4-2-1-3-5-17/h1-15,22H,(H,23,24)/b15-8+. The molecule has 136 valence electrons. The lowest BCUT2D eigenvalue weighted by Gasteiger charge is -2.09. The number of sulfonamides is 1. The van der Waals surface area contributed by atoms with Crippen LogP contribution in [0.15, 0.2) is 89.8 Å². The minimum absolute atomic E-state index is 0.0992. The van der Waals surface area contributed by atoms with Crippen molar-refractivity contribution < 1.29 is 18.3 Å². The van der Waals surface area contributed by atoms with Crippen molar-refractivity contribution in [2.24, 2.45) is 0 Å². The second-order valence-electron chi connectivity index (χ2n) is 5.79. The maximum Gasteiger partial charge on any atom is 0.328 e. The molecule has 0 spiro atoms. The quantitative estimate of drug-likeness (QED) is 0.627. The number of benzene rings is 3. The zero-order valence-corrected chi connectivity index (χ0v) is 15.1. The lowest BCUT2D eigenvalue weighted by molar-refractivity contribution is -0.131. The van der Waals surface area contributed by atoms with Crippen LogP contribution in [0.4, 0.5) is 5.69 Å². The van der Waals surface area contributed by atoms with Gasteiger partial charge in [0.1, 0.15) is 0 Å². The van der Waals surface area contributed by atoms with Crippen LogP contribution in [-0.2, 0) is 14.8 Å². The molecule has 0 saturated carbocycles. The first-order chi connectivity index (χ1) is 12.9. The van der Waals surface area contributed by atoms with Gasteiger partial charge < -0.3 is 5.11 Å². The number of carboxylic acid groups (broad SMARTS) is 1. The molecule has 0 atom stereocenters. The third kappa shape index (κ3) is 4.83. The van der Waals surface area contributed by atoms with Gasteiger partial charge in [0.05, 0.1) is 4.90 Å². The van der Waals surface area contributed by atoms with Crippen LogP contribution in [0.5, 0.6) is 0 Å². The van der Waals surface area contributed by atoms with Crippen molar-refractivity contribution in [3.63, 3.8) is 0 Å². The van der Waals surface area contributed by atoms with Crippen molar-refractivity contribution >= 4 is 27.8 Å². The Hall–Kier alpha value is -3.38. The highest BCUT2D eigenvalue weighted by molar-refractivity contribution is 7.92. The number of nitrogens with one attached hydrogen (secondary N) is 1. The number of carboxylic acids is 1. The lowest BCUT2D eigenvalue weighted by atomic mass is 10.1. The zero-order valence-electron chi connectivity index (χ0n) is 14.2. The second kappa shape index (κ2) is 7.88. The largest absolute Gasteiger partial charge is 0.478 e. The Morgan fingerprint density at radius 3 is 2.00 bits per heavy atom. The zero-order chi connectivity index (χ0) is 19.3. The highest BCUT2D eigenvalue weighted by atomic mass is 32.2. The Kier molecular flexibility index (Phi) is 5.38. The lowest BCUT2D eigenvalue weighted by Crippen LogP contribution is -2.12. The Bertz CT molecular complexity index is 1060. The summed E-state index contributed by atoms with van der Waals surface area (Å²) in [6, 6.07) is 22.9. The van der Waals surface area contributed by atoms with Crippen molar-refractivity contribution in [2.45, 2.75) is 4.90 Å². The van der Waals surface area contributed by atoms with Gasteiger partial charge >= 0.3 is 5.97 Å². The average molecular weight is 379 g/mol. The summed E-state index contributed by atoms with van der Waals surface area (Å²) in [5, 5.41) is 8.62. The fourth-order valence-electron chi connectivity index (χ4n) is 2.50. The van der Waals surface area contributed by atoms with E-state index in [0.29, 0.717) is 11.3 Å². The number of rotatable bonds is 6. The maximum atomic E-state index is 12.5. The summed E-state index contributed by atoms with van der Waals surface area (Å²) in [6.45, 7) is 0. The van der Waals surface area contributed by atoms with Gasteiger partial charge in [0.2, 0.25) is 0 Å². The van der Waals surface area contributed by atoms with E-state index in [1.807, 2.05) is 42.5 Å². The summed E-state index contributed by atoms with van der Waals surface area (Å²) >= 11 is 0. The molecule has 0 heterocycles. The van der Waals surface area contributed by atoms with Gasteiger partial charge in [-0.1, -0.05) is 54.6 Å². The van der Waals surface area contributed by atoms with E-state index in [0.717, 1.165) is 17.2 Å². The summed E-state index contributed by atoms with van der Waals surface area (Å²) in [5.74, 6) is -1.06. The predicted octanol–water partition coefficient (Wildman–Crippen LogP) is 4.25. The molecule has 0 amide bonds. The van der Waals surface area contributed by atoms with Gasteiger partial charge in [0.15, 0.2) is 0 Å². The van der Waals surface area contributed by atoms with E-state index in [-0.39, 0.29) is 4.90 Å². The number of aliphatic carboxylic acids is 1. The Morgan fingerprint density at radius 1 is 0.815 bits per heavy atom. The van der Waals surface area contributed by atoms with Crippen molar-refractivity contribution in [1.29, 1.82) is 0 Å². The molecule has 3 aromatic carbocycles. The van der Waals surface area contributed by atoms with Gasteiger partial charge in [-0.05, 0) is 47.0 Å². The van der Waals surface area contributed by atoms with E-state index in [2.05, 4.69) is 4.72 Å². The normalized spacial score (nSPS) is 11.4. The number of carbonyl (C=O) groups is 1. The minimum atomic E-state index is -3.73. The van der Waals surface area contributed by atoms with Crippen LogP contribution >= 0.6 is 0 Å². The second-order valence-corrected chi connectivity index (χ2v) is 7.47. The summed E-state index contributed by atoms with van der Waals surface area (Å²) in [7, 11) is -3.73. The fourth-order valence-corrected chi connectivity index (χ4v) is 3.56. The smallest absolute Gasteiger partial charge is 0.328 e. The molecule has 0 aliphatic heterocycles. The maximum absolute atomic E-state index is 12.5. The van der Waals surface area contributed by atoms with E-state index in [1.54, 1.807) is 24.3 Å². The Labute approximate surface area is 157 Å². The van der Waals surface area contributed by atoms with Crippen molar-refractivity contribution in [3.8, 4) is 11.1 Å². The average Bonchev–Trinajstić information content (AvgIpc) is 2.68. The summed E-state index contributed by atoms with van der Waals surface area (Å²) in [4.78, 5) is 10.6. The molecule has 0 unspecified atom stereocenters. The molecule has 0 saturated heterocycles. The van der Waals surface area contributed by atoms with Crippen LogP contribution in [0.2, 0.25) is 0 Å². The molecule has 0 radical (unpaired) electrons. The number of hydrogen-bond acceptors (Lipinski definition) is 3. The van der Waals surface area contributed by atoms with E-state index in [4.69, 9.17) is 5.11 Å². The van der Waals surface area contributed by atoms with Gasteiger partial charge in [-0.15, -0.1) is 0 Å². The molecule has 27 heavy (non-hydrogen) atoms. The van der Waals surface area contributed by atoms with E-state index in [1.165, 1.54) is 18.2 Å². The molecule has 0 aliphatic rings. The summed E-state index contributed by atoms with van der Waals surface area (Å²) in [5.41, 5.74) is 3.11. The molecule has 5 nitrogen and oxygen atoms in total. The molecule has 0 fully saturated rings.